The van der Waals surface area contributed by atoms with Gasteiger partial charge in [-0.15, -0.1) is 0 Å². The second-order valence-electron chi connectivity index (χ2n) is 3.38. The fourth-order valence-electron chi connectivity index (χ4n) is 0.947. The zero-order valence-corrected chi connectivity index (χ0v) is 11.1. The van der Waals surface area contributed by atoms with Crippen molar-refractivity contribution in [2.24, 2.45) is 11.7 Å². The Balaban J connectivity index is 2.53. The maximum Gasteiger partial charge on any atom is 0.269 e. The maximum absolute atomic E-state index is 11.6. The van der Waals surface area contributed by atoms with E-state index in [1.807, 2.05) is 6.92 Å². The summed E-state index contributed by atoms with van der Waals surface area (Å²) >= 11 is 8.06. The number of aromatic nitrogens is 1. The van der Waals surface area contributed by atoms with Crippen LogP contribution in [0, 0.1) is 5.92 Å². The molecule has 1 aromatic heterocycles. The predicted molar refractivity (Wildman–Crippen MR) is 70.2 cm³/mol. The van der Waals surface area contributed by atoms with Gasteiger partial charge in [0.15, 0.2) is 0 Å². The van der Waals surface area contributed by atoms with E-state index in [1.165, 1.54) is 0 Å². The summed E-state index contributed by atoms with van der Waals surface area (Å²) < 4.78 is 0.834. The Morgan fingerprint density at radius 3 is 2.88 bits per heavy atom. The molecule has 0 bridgehead atoms. The second kappa shape index (κ2) is 5.91. The van der Waals surface area contributed by atoms with Crippen LogP contribution in [0.4, 0.5) is 0 Å². The lowest BCUT2D eigenvalue weighted by Crippen LogP contribution is -2.33. The number of carbonyl (C=O) groups excluding carboxylic acids is 1. The van der Waals surface area contributed by atoms with E-state index < -0.39 is 0 Å². The molecular formula is C10H12BrN3OS. The highest BCUT2D eigenvalue weighted by Crippen LogP contribution is 2.07. The van der Waals surface area contributed by atoms with Crippen LogP contribution in [0.25, 0.3) is 0 Å². The molecule has 0 saturated heterocycles. The molecule has 0 aliphatic rings. The molecule has 1 aromatic rings. The number of nitrogens with two attached hydrogens (primary N) is 1. The Kier molecular flexibility index (Phi) is 4.82. The molecule has 0 aromatic carbocycles. The molecular weight excluding hydrogens is 290 g/mol. The zero-order chi connectivity index (χ0) is 12.1. The first-order valence-corrected chi connectivity index (χ1v) is 5.90. The van der Waals surface area contributed by atoms with Gasteiger partial charge in [-0.25, -0.2) is 4.98 Å². The van der Waals surface area contributed by atoms with E-state index in [4.69, 9.17) is 18.0 Å². The molecule has 16 heavy (non-hydrogen) atoms. The second-order valence-corrected chi connectivity index (χ2v) is 4.76. The monoisotopic (exact) mass is 301 g/mol. The summed E-state index contributed by atoms with van der Waals surface area (Å²) in [7, 11) is 0. The molecule has 4 nitrogen and oxygen atoms in total. The summed E-state index contributed by atoms with van der Waals surface area (Å²) in [5, 5.41) is 2.72. The molecule has 0 radical (unpaired) electrons. The molecule has 6 heteroatoms. The lowest BCUT2D eigenvalue weighted by molar-refractivity contribution is 0.0946. The zero-order valence-electron chi connectivity index (χ0n) is 8.74. The van der Waals surface area contributed by atoms with Gasteiger partial charge in [-0.1, -0.05) is 19.1 Å². The lowest BCUT2D eigenvalue weighted by Gasteiger charge is -2.10. The van der Waals surface area contributed by atoms with Crippen molar-refractivity contribution in [3.05, 3.63) is 28.5 Å². The highest BCUT2D eigenvalue weighted by Gasteiger charge is 2.10. The molecule has 0 aliphatic carbocycles. The minimum atomic E-state index is -0.226. The number of halogens is 1. The van der Waals surface area contributed by atoms with Crippen molar-refractivity contribution in [1.29, 1.82) is 0 Å². The lowest BCUT2D eigenvalue weighted by atomic mass is 10.2. The van der Waals surface area contributed by atoms with Crippen LogP contribution in [0.1, 0.15) is 17.4 Å². The minimum absolute atomic E-state index is 0.0191. The summed E-state index contributed by atoms with van der Waals surface area (Å²) in [5.74, 6) is -0.245. The molecule has 1 unspecified atom stereocenters. The van der Waals surface area contributed by atoms with Gasteiger partial charge in [-0.05, 0) is 28.1 Å². The highest BCUT2D eigenvalue weighted by molar-refractivity contribution is 9.10. The molecule has 0 aliphatic heterocycles. The van der Waals surface area contributed by atoms with Crippen molar-refractivity contribution >= 4 is 39.0 Å². The number of thiocarbonyl (C=S) groups is 1. The molecule has 86 valence electrons. The van der Waals surface area contributed by atoms with E-state index in [-0.39, 0.29) is 11.8 Å². The molecule has 1 amide bonds. The number of pyridine rings is 1. The van der Waals surface area contributed by atoms with E-state index in [0.29, 0.717) is 17.2 Å². The van der Waals surface area contributed by atoms with Crippen molar-refractivity contribution in [1.82, 2.24) is 10.3 Å². The van der Waals surface area contributed by atoms with Gasteiger partial charge in [0.1, 0.15) is 5.69 Å². The number of amides is 1. The highest BCUT2D eigenvalue weighted by atomic mass is 79.9. The Hall–Kier alpha value is -1.01. The van der Waals surface area contributed by atoms with Crippen molar-refractivity contribution in [2.75, 3.05) is 6.54 Å². The Bertz CT molecular complexity index is 394. The molecule has 0 saturated carbocycles. The van der Waals surface area contributed by atoms with Gasteiger partial charge in [-0.2, -0.15) is 0 Å². The standard InChI is InChI=1S/C10H12BrN3OS/c1-6(9(12)16)4-14-10(15)8-3-2-7(11)5-13-8/h2-3,5-6H,4H2,1H3,(H2,12,16)(H,14,15). The quantitative estimate of drug-likeness (QED) is 0.827. The Morgan fingerprint density at radius 2 is 2.38 bits per heavy atom. The number of hydrogen-bond donors (Lipinski definition) is 2. The summed E-state index contributed by atoms with van der Waals surface area (Å²) in [6.45, 7) is 2.28. The molecule has 1 heterocycles. The van der Waals surface area contributed by atoms with Crippen LogP contribution in [-0.4, -0.2) is 22.4 Å². The van der Waals surface area contributed by atoms with Crippen LogP contribution >= 0.6 is 28.1 Å². The van der Waals surface area contributed by atoms with Crippen LogP contribution in [0.2, 0.25) is 0 Å². The van der Waals surface area contributed by atoms with E-state index in [0.717, 1.165) is 4.47 Å². The normalized spacial score (nSPS) is 11.9. The largest absolute Gasteiger partial charge is 0.393 e. The SMILES string of the molecule is CC(CNC(=O)c1ccc(Br)cn1)C(N)=S. The summed E-state index contributed by atoms with van der Waals surface area (Å²) in [4.78, 5) is 16.0. The van der Waals surface area contributed by atoms with Crippen molar-refractivity contribution in [3.63, 3.8) is 0 Å². The fraction of sp³-hybridized carbons (Fsp3) is 0.300. The maximum atomic E-state index is 11.6. The molecule has 0 fully saturated rings. The van der Waals surface area contributed by atoms with E-state index in [1.54, 1.807) is 18.3 Å². The number of nitrogens with zero attached hydrogens (tertiary/aromatic N) is 1. The summed E-state index contributed by atoms with van der Waals surface area (Å²) in [6, 6.07) is 3.41. The average Bonchev–Trinajstić information content (AvgIpc) is 2.26. The first kappa shape index (κ1) is 13.1. The summed E-state index contributed by atoms with van der Waals surface area (Å²) in [5.41, 5.74) is 5.81. The van der Waals surface area contributed by atoms with Crippen molar-refractivity contribution < 1.29 is 4.79 Å². The third kappa shape index (κ3) is 3.86. The van der Waals surface area contributed by atoms with Gasteiger partial charge in [0.05, 0.1) is 4.99 Å². The van der Waals surface area contributed by atoms with E-state index in [2.05, 4.69) is 26.2 Å². The summed E-state index contributed by atoms with van der Waals surface area (Å²) in [6.07, 6.45) is 1.58. The number of hydrogen-bond acceptors (Lipinski definition) is 3. The van der Waals surface area contributed by atoms with E-state index in [9.17, 15) is 4.79 Å². The van der Waals surface area contributed by atoms with Crippen LogP contribution in [-0.2, 0) is 0 Å². The molecule has 3 N–H and O–H groups in total. The number of nitrogens with one attached hydrogen (secondary N) is 1. The van der Waals surface area contributed by atoms with Crippen molar-refractivity contribution in [2.45, 2.75) is 6.92 Å². The fourth-order valence-corrected chi connectivity index (χ4v) is 1.26. The third-order valence-electron chi connectivity index (χ3n) is 2.01. The minimum Gasteiger partial charge on any atom is -0.393 e. The Morgan fingerprint density at radius 1 is 1.69 bits per heavy atom. The predicted octanol–water partition coefficient (Wildman–Crippen LogP) is 1.50. The molecule has 1 rings (SSSR count). The van der Waals surface area contributed by atoms with Gasteiger partial charge >= 0.3 is 0 Å². The topological polar surface area (TPSA) is 68.0 Å². The van der Waals surface area contributed by atoms with E-state index >= 15 is 0 Å². The van der Waals surface area contributed by atoms with Crippen LogP contribution in [0.3, 0.4) is 0 Å². The van der Waals surface area contributed by atoms with Crippen molar-refractivity contribution in [3.8, 4) is 0 Å². The van der Waals surface area contributed by atoms with Gasteiger partial charge in [0.25, 0.3) is 5.91 Å². The number of carbonyl (C=O) groups is 1. The Labute approximate surface area is 108 Å². The van der Waals surface area contributed by atoms with Crippen LogP contribution < -0.4 is 11.1 Å². The number of rotatable bonds is 4. The first-order valence-electron chi connectivity index (χ1n) is 4.69. The van der Waals surface area contributed by atoms with Crippen LogP contribution in [0.5, 0.6) is 0 Å². The van der Waals surface area contributed by atoms with Gasteiger partial charge in [0.2, 0.25) is 0 Å². The van der Waals surface area contributed by atoms with Gasteiger partial charge < -0.3 is 11.1 Å². The third-order valence-corrected chi connectivity index (χ3v) is 2.89. The van der Waals surface area contributed by atoms with Crippen LogP contribution in [0.15, 0.2) is 22.8 Å². The molecule has 0 spiro atoms. The van der Waals surface area contributed by atoms with Gasteiger partial charge in [-0.3, -0.25) is 4.79 Å². The average molecular weight is 302 g/mol. The first-order chi connectivity index (χ1) is 7.50. The smallest absolute Gasteiger partial charge is 0.269 e. The van der Waals surface area contributed by atoms with Gasteiger partial charge in [0, 0.05) is 23.1 Å². The molecule has 1 atom stereocenters.